The van der Waals surface area contributed by atoms with Gasteiger partial charge < -0.3 is 0 Å². The molecule has 0 amide bonds. The Labute approximate surface area is 80.0 Å². The zero-order valence-corrected chi connectivity index (χ0v) is 9.15. The standard InChI is InChI=1S/C7H18N2O3S/c1-4-5-8-13(10,11)9-12-6-7(2)3/h7-9H,4-6H2,1-3H3. The average molecular weight is 210 g/mol. The minimum atomic E-state index is -3.46. The molecule has 5 nitrogen and oxygen atoms in total. The molecule has 0 aliphatic carbocycles. The summed E-state index contributed by atoms with van der Waals surface area (Å²) in [4.78, 5) is 6.74. The summed E-state index contributed by atoms with van der Waals surface area (Å²) in [6.45, 7) is 6.55. The molecule has 2 N–H and O–H groups in total. The largest absolute Gasteiger partial charge is 0.299 e. The van der Waals surface area contributed by atoms with Crippen molar-refractivity contribution in [1.29, 1.82) is 0 Å². The van der Waals surface area contributed by atoms with Crippen LogP contribution in [0.4, 0.5) is 0 Å². The fourth-order valence-corrected chi connectivity index (χ4v) is 1.30. The minimum absolute atomic E-state index is 0.300. The van der Waals surface area contributed by atoms with Crippen LogP contribution in [-0.4, -0.2) is 21.6 Å². The van der Waals surface area contributed by atoms with Gasteiger partial charge in [-0.1, -0.05) is 25.7 Å². The van der Waals surface area contributed by atoms with Gasteiger partial charge in [0.05, 0.1) is 6.61 Å². The molecule has 0 fully saturated rings. The first kappa shape index (κ1) is 12.8. The van der Waals surface area contributed by atoms with E-state index in [0.717, 1.165) is 6.42 Å². The van der Waals surface area contributed by atoms with Gasteiger partial charge in [-0.05, 0) is 12.3 Å². The monoisotopic (exact) mass is 210 g/mol. The quantitative estimate of drug-likeness (QED) is 0.598. The van der Waals surface area contributed by atoms with E-state index in [1.165, 1.54) is 0 Å². The molecular formula is C7H18N2O3S. The van der Waals surface area contributed by atoms with E-state index in [9.17, 15) is 8.42 Å². The Kier molecular flexibility index (Phi) is 6.23. The molecule has 0 bridgehead atoms. The topological polar surface area (TPSA) is 67.4 Å². The van der Waals surface area contributed by atoms with Gasteiger partial charge in [0.1, 0.15) is 0 Å². The van der Waals surface area contributed by atoms with Crippen molar-refractivity contribution in [2.45, 2.75) is 27.2 Å². The third kappa shape index (κ3) is 8.17. The second kappa shape index (κ2) is 6.31. The van der Waals surface area contributed by atoms with Gasteiger partial charge in [0.15, 0.2) is 0 Å². The SMILES string of the molecule is CCCNS(=O)(=O)NOCC(C)C. The van der Waals surface area contributed by atoms with Crippen molar-refractivity contribution in [3.63, 3.8) is 0 Å². The summed E-state index contributed by atoms with van der Waals surface area (Å²) in [6.07, 6.45) is 0.755. The van der Waals surface area contributed by atoms with E-state index in [4.69, 9.17) is 4.84 Å². The summed E-state index contributed by atoms with van der Waals surface area (Å²) in [5.41, 5.74) is 0. The molecule has 0 aromatic carbocycles. The molecule has 13 heavy (non-hydrogen) atoms. The van der Waals surface area contributed by atoms with Crippen molar-refractivity contribution in [3.8, 4) is 0 Å². The molecule has 0 aliphatic rings. The molecule has 0 aromatic heterocycles. The van der Waals surface area contributed by atoms with Crippen LogP contribution in [0.15, 0.2) is 0 Å². The Balaban J connectivity index is 3.64. The Morgan fingerprint density at radius 3 is 2.46 bits per heavy atom. The summed E-state index contributed by atoms with van der Waals surface area (Å²) >= 11 is 0. The van der Waals surface area contributed by atoms with E-state index in [-0.39, 0.29) is 0 Å². The Hall–Kier alpha value is -0.170. The van der Waals surface area contributed by atoms with Crippen LogP contribution in [-0.2, 0) is 15.0 Å². The van der Waals surface area contributed by atoms with E-state index in [1.54, 1.807) is 0 Å². The van der Waals surface area contributed by atoms with Crippen LogP contribution in [0, 0.1) is 5.92 Å². The highest BCUT2D eigenvalue weighted by Gasteiger charge is 2.07. The highest BCUT2D eigenvalue weighted by Crippen LogP contribution is 1.90. The number of hydrogen-bond acceptors (Lipinski definition) is 3. The number of nitrogens with one attached hydrogen (secondary N) is 2. The van der Waals surface area contributed by atoms with E-state index in [2.05, 4.69) is 4.72 Å². The molecule has 0 atom stereocenters. The molecule has 0 saturated heterocycles. The van der Waals surface area contributed by atoms with Crippen LogP contribution >= 0.6 is 0 Å². The summed E-state index contributed by atoms with van der Waals surface area (Å²) in [5, 5.41) is 0. The summed E-state index contributed by atoms with van der Waals surface area (Å²) < 4.78 is 24.4. The highest BCUT2D eigenvalue weighted by atomic mass is 32.2. The van der Waals surface area contributed by atoms with Crippen molar-refractivity contribution in [2.24, 2.45) is 5.92 Å². The van der Waals surface area contributed by atoms with Crippen LogP contribution < -0.4 is 9.61 Å². The van der Waals surface area contributed by atoms with E-state index < -0.39 is 10.2 Å². The van der Waals surface area contributed by atoms with Gasteiger partial charge in [0.25, 0.3) is 10.2 Å². The Morgan fingerprint density at radius 2 is 2.00 bits per heavy atom. The summed E-state index contributed by atoms with van der Waals surface area (Å²) in [5.74, 6) is 0.300. The molecule has 0 spiro atoms. The van der Waals surface area contributed by atoms with E-state index in [0.29, 0.717) is 19.1 Å². The van der Waals surface area contributed by atoms with Crippen LogP contribution in [0.1, 0.15) is 27.2 Å². The molecule has 6 heteroatoms. The molecule has 80 valence electrons. The lowest BCUT2D eigenvalue weighted by atomic mass is 10.2. The molecule has 0 aliphatic heterocycles. The first-order chi connectivity index (χ1) is 5.98. The van der Waals surface area contributed by atoms with Gasteiger partial charge in [-0.2, -0.15) is 8.42 Å². The first-order valence-electron chi connectivity index (χ1n) is 4.36. The molecule has 0 unspecified atom stereocenters. The number of hydrogen-bond donors (Lipinski definition) is 2. The van der Waals surface area contributed by atoms with Crippen molar-refractivity contribution in [3.05, 3.63) is 0 Å². The molecule has 0 aromatic rings. The molecule has 0 heterocycles. The lowest BCUT2D eigenvalue weighted by Crippen LogP contribution is -2.37. The lowest BCUT2D eigenvalue weighted by molar-refractivity contribution is 0.0710. The second-order valence-electron chi connectivity index (χ2n) is 3.19. The first-order valence-corrected chi connectivity index (χ1v) is 5.84. The maximum atomic E-state index is 11.0. The zero-order chi connectivity index (χ0) is 10.3. The van der Waals surface area contributed by atoms with Gasteiger partial charge in [0.2, 0.25) is 0 Å². The normalized spacial score (nSPS) is 12.3. The summed E-state index contributed by atoms with van der Waals surface area (Å²) in [7, 11) is -3.46. The van der Waals surface area contributed by atoms with Gasteiger partial charge in [-0.15, -0.1) is 0 Å². The van der Waals surface area contributed by atoms with E-state index in [1.807, 2.05) is 25.7 Å². The summed E-state index contributed by atoms with van der Waals surface area (Å²) in [6, 6.07) is 0. The fraction of sp³-hybridized carbons (Fsp3) is 1.00. The molecular weight excluding hydrogens is 192 g/mol. The molecule has 0 rings (SSSR count). The third-order valence-corrected chi connectivity index (χ3v) is 2.05. The minimum Gasteiger partial charge on any atom is -0.286 e. The third-order valence-electron chi connectivity index (χ3n) is 1.13. The highest BCUT2D eigenvalue weighted by molar-refractivity contribution is 7.87. The fourth-order valence-electron chi connectivity index (χ4n) is 0.544. The second-order valence-corrected chi connectivity index (χ2v) is 4.65. The van der Waals surface area contributed by atoms with Gasteiger partial charge in [0, 0.05) is 6.54 Å². The van der Waals surface area contributed by atoms with Crippen LogP contribution in [0.25, 0.3) is 0 Å². The van der Waals surface area contributed by atoms with Gasteiger partial charge >= 0.3 is 0 Å². The molecule has 0 radical (unpaired) electrons. The van der Waals surface area contributed by atoms with Gasteiger partial charge in [-0.25, -0.2) is 4.72 Å². The van der Waals surface area contributed by atoms with Crippen LogP contribution in [0.3, 0.4) is 0 Å². The van der Waals surface area contributed by atoms with E-state index >= 15 is 0 Å². The average Bonchev–Trinajstić information content (AvgIpc) is 2.00. The molecule has 0 saturated carbocycles. The maximum Gasteiger partial charge on any atom is 0.299 e. The zero-order valence-electron chi connectivity index (χ0n) is 8.33. The smallest absolute Gasteiger partial charge is 0.286 e. The van der Waals surface area contributed by atoms with Crippen molar-refractivity contribution < 1.29 is 13.3 Å². The predicted octanol–water partition coefficient (Wildman–Crippen LogP) is 0.408. The Morgan fingerprint density at radius 1 is 1.38 bits per heavy atom. The van der Waals surface area contributed by atoms with Crippen LogP contribution in [0.2, 0.25) is 0 Å². The Bertz CT molecular complexity index is 214. The lowest BCUT2D eigenvalue weighted by Gasteiger charge is -2.08. The van der Waals surface area contributed by atoms with Crippen molar-refractivity contribution in [1.82, 2.24) is 9.61 Å². The maximum absolute atomic E-state index is 11.0. The van der Waals surface area contributed by atoms with Crippen LogP contribution in [0.5, 0.6) is 0 Å². The van der Waals surface area contributed by atoms with Crippen molar-refractivity contribution in [2.75, 3.05) is 13.2 Å². The predicted molar refractivity (Wildman–Crippen MR) is 51.1 cm³/mol. The van der Waals surface area contributed by atoms with Gasteiger partial charge in [-0.3, -0.25) is 4.84 Å². The number of rotatable bonds is 7. The van der Waals surface area contributed by atoms with Crippen molar-refractivity contribution >= 4 is 10.2 Å².